The molecule has 0 aromatic heterocycles. The third-order valence-corrected chi connectivity index (χ3v) is 5.19. The Hall–Kier alpha value is -1.52. The van der Waals surface area contributed by atoms with E-state index < -0.39 is 0 Å². The fourth-order valence-corrected chi connectivity index (χ4v) is 3.75. The van der Waals surface area contributed by atoms with E-state index in [0.717, 1.165) is 51.7 Å². The third-order valence-electron chi connectivity index (χ3n) is 5.19. The molecule has 1 aromatic carbocycles. The first-order chi connectivity index (χ1) is 11.7. The highest BCUT2D eigenvalue weighted by atomic mass is 35.5. The van der Waals surface area contributed by atoms with Crippen molar-refractivity contribution in [3.8, 4) is 5.75 Å². The van der Waals surface area contributed by atoms with Gasteiger partial charge in [-0.3, -0.25) is 4.79 Å². The van der Waals surface area contributed by atoms with E-state index in [1.54, 1.807) is 12.1 Å². The maximum Gasteiger partial charge on any atom is 0.226 e. The number of carbonyl (C=O) groups excluding carboxylic acids is 1. The van der Waals surface area contributed by atoms with Crippen LogP contribution in [0.4, 0.5) is 0 Å². The van der Waals surface area contributed by atoms with Crippen LogP contribution in [0.2, 0.25) is 0 Å². The molecule has 1 unspecified atom stereocenters. The maximum absolute atomic E-state index is 12.8. The monoisotopic (exact) mass is 364 g/mol. The zero-order valence-electron chi connectivity index (χ0n) is 14.7. The van der Waals surface area contributed by atoms with Gasteiger partial charge >= 0.3 is 0 Å². The average Bonchev–Trinajstić information content (AvgIpc) is 2.62. The van der Waals surface area contributed by atoms with Crippen molar-refractivity contribution in [2.45, 2.75) is 51.0 Å². The van der Waals surface area contributed by atoms with Crippen molar-refractivity contribution in [2.24, 2.45) is 0 Å². The Morgan fingerprint density at radius 1 is 1.24 bits per heavy atom. The van der Waals surface area contributed by atoms with Gasteiger partial charge in [-0.15, -0.1) is 12.4 Å². The van der Waals surface area contributed by atoms with Crippen LogP contribution in [0.25, 0.3) is 0 Å². The first-order valence-electron chi connectivity index (χ1n) is 9.18. The van der Waals surface area contributed by atoms with E-state index in [9.17, 15) is 9.90 Å². The molecule has 0 bridgehead atoms. The van der Waals surface area contributed by atoms with Crippen molar-refractivity contribution >= 4 is 18.3 Å². The molecule has 0 spiro atoms. The molecule has 2 heterocycles. The SMILES string of the molecule is Cl.O=C(CC1=CCNCC1)N1CCCCC1CCc1ccc(O)cc1. The van der Waals surface area contributed by atoms with Crippen LogP contribution in [0.5, 0.6) is 5.75 Å². The molecule has 2 aliphatic heterocycles. The van der Waals surface area contributed by atoms with Crippen molar-refractivity contribution < 1.29 is 9.90 Å². The van der Waals surface area contributed by atoms with E-state index >= 15 is 0 Å². The number of aromatic hydroxyl groups is 1. The topological polar surface area (TPSA) is 52.6 Å². The van der Waals surface area contributed by atoms with Crippen molar-refractivity contribution in [3.05, 3.63) is 41.5 Å². The Morgan fingerprint density at radius 3 is 2.76 bits per heavy atom. The van der Waals surface area contributed by atoms with Gasteiger partial charge in [0.1, 0.15) is 5.75 Å². The van der Waals surface area contributed by atoms with Gasteiger partial charge in [0.05, 0.1) is 0 Å². The van der Waals surface area contributed by atoms with Crippen LogP contribution >= 0.6 is 12.4 Å². The van der Waals surface area contributed by atoms with E-state index in [2.05, 4.69) is 16.3 Å². The number of piperidine rings is 1. The van der Waals surface area contributed by atoms with Gasteiger partial charge < -0.3 is 15.3 Å². The normalized spacial score (nSPS) is 20.6. The number of halogens is 1. The van der Waals surface area contributed by atoms with Gasteiger partial charge in [-0.1, -0.05) is 23.8 Å². The highest BCUT2D eigenvalue weighted by molar-refractivity contribution is 5.85. The smallest absolute Gasteiger partial charge is 0.226 e. The Morgan fingerprint density at radius 2 is 2.04 bits per heavy atom. The van der Waals surface area contributed by atoms with Gasteiger partial charge in [0, 0.05) is 25.6 Å². The number of aryl methyl sites for hydroxylation is 1. The Bertz CT molecular complexity index is 586. The van der Waals surface area contributed by atoms with E-state index in [1.807, 2.05) is 12.1 Å². The molecule has 0 saturated carbocycles. The number of hydrogen-bond donors (Lipinski definition) is 2. The van der Waals surface area contributed by atoms with Crippen molar-refractivity contribution in [3.63, 3.8) is 0 Å². The second-order valence-corrected chi connectivity index (χ2v) is 6.94. The van der Waals surface area contributed by atoms with Gasteiger partial charge in [0.25, 0.3) is 0 Å². The molecule has 0 aliphatic carbocycles. The summed E-state index contributed by atoms with van der Waals surface area (Å²) in [5.74, 6) is 0.613. The second-order valence-electron chi connectivity index (χ2n) is 6.94. The van der Waals surface area contributed by atoms with E-state index in [4.69, 9.17) is 0 Å². The molecule has 5 heteroatoms. The summed E-state index contributed by atoms with van der Waals surface area (Å²) in [4.78, 5) is 14.9. The predicted octanol–water partition coefficient (Wildman–Crippen LogP) is 3.44. The fraction of sp³-hybridized carbons (Fsp3) is 0.550. The number of likely N-dealkylation sites (tertiary alicyclic amines) is 1. The van der Waals surface area contributed by atoms with Gasteiger partial charge in [-0.2, -0.15) is 0 Å². The van der Waals surface area contributed by atoms with Gasteiger partial charge in [-0.05, 0) is 62.8 Å². The number of carbonyl (C=O) groups is 1. The summed E-state index contributed by atoms with van der Waals surface area (Å²) in [6.45, 7) is 2.79. The Kier molecular flexibility index (Phi) is 7.79. The number of phenols is 1. The minimum Gasteiger partial charge on any atom is -0.508 e. The summed E-state index contributed by atoms with van der Waals surface area (Å²) in [6.07, 6.45) is 9.20. The first kappa shape index (κ1) is 19.8. The Labute approximate surface area is 156 Å². The molecule has 1 aromatic rings. The lowest BCUT2D eigenvalue weighted by Gasteiger charge is -2.36. The standard InChI is InChI=1S/C20H28N2O2.ClH/c23-19-8-5-16(6-9-19)4-7-18-3-1-2-14-22(18)20(24)15-17-10-12-21-13-11-17;/h5-6,8-10,18,21,23H,1-4,7,11-15H2;1H. The van der Waals surface area contributed by atoms with Crippen LogP contribution in [0.15, 0.2) is 35.9 Å². The minimum atomic E-state index is 0. The molecular formula is C20H29ClN2O2. The van der Waals surface area contributed by atoms with Crippen LogP contribution < -0.4 is 5.32 Å². The summed E-state index contributed by atoms with van der Waals surface area (Å²) in [7, 11) is 0. The molecular weight excluding hydrogens is 336 g/mol. The maximum atomic E-state index is 12.8. The molecule has 1 atom stereocenters. The highest BCUT2D eigenvalue weighted by Gasteiger charge is 2.26. The molecule has 0 radical (unpaired) electrons. The molecule has 2 aliphatic rings. The zero-order chi connectivity index (χ0) is 16.8. The van der Waals surface area contributed by atoms with Crippen molar-refractivity contribution in [1.82, 2.24) is 10.2 Å². The van der Waals surface area contributed by atoms with Crippen LogP contribution in [0.1, 0.15) is 44.1 Å². The molecule has 1 fully saturated rings. The molecule has 25 heavy (non-hydrogen) atoms. The lowest BCUT2D eigenvalue weighted by molar-refractivity contribution is -0.134. The first-order valence-corrected chi connectivity index (χ1v) is 9.18. The van der Waals surface area contributed by atoms with Crippen LogP contribution in [-0.4, -0.2) is 41.6 Å². The largest absolute Gasteiger partial charge is 0.508 e. The molecule has 1 saturated heterocycles. The van der Waals surface area contributed by atoms with Crippen molar-refractivity contribution in [1.29, 1.82) is 0 Å². The highest BCUT2D eigenvalue weighted by Crippen LogP contribution is 2.24. The summed E-state index contributed by atoms with van der Waals surface area (Å²) >= 11 is 0. The minimum absolute atomic E-state index is 0. The summed E-state index contributed by atoms with van der Waals surface area (Å²) in [5, 5.41) is 12.7. The number of rotatable bonds is 5. The molecule has 1 amide bonds. The van der Waals surface area contributed by atoms with Gasteiger partial charge in [0.15, 0.2) is 0 Å². The summed E-state index contributed by atoms with van der Waals surface area (Å²) in [6, 6.07) is 7.79. The molecule has 138 valence electrons. The molecule has 2 N–H and O–H groups in total. The van der Waals surface area contributed by atoms with E-state index in [0.29, 0.717) is 24.1 Å². The number of hydrogen-bond acceptors (Lipinski definition) is 3. The predicted molar refractivity (Wildman–Crippen MR) is 103 cm³/mol. The third kappa shape index (κ3) is 5.75. The lowest BCUT2D eigenvalue weighted by Crippen LogP contribution is -2.44. The second kappa shape index (κ2) is 9.83. The number of benzene rings is 1. The van der Waals surface area contributed by atoms with Gasteiger partial charge in [-0.25, -0.2) is 0 Å². The van der Waals surface area contributed by atoms with Crippen LogP contribution in [0, 0.1) is 0 Å². The molecule has 4 nitrogen and oxygen atoms in total. The number of phenolic OH excluding ortho intramolecular Hbond substituents is 1. The van der Waals surface area contributed by atoms with E-state index in [1.165, 1.54) is 17.6 Å². The van der Waals surface area contributed by atoms with Crippen molar-refractivity contribution in [2.75, 3.05) is 19.6 Å². The number of amides is 1. The molecule has 3 rings (SSSR count). The lowest BCUT2D eigenvalue weighted by atomic mass is 9.94. The van der Waals surface area contributed by atoms with E-state index in [-0.39, 0.29) is 12.4 Å². The van der Waals surface area contributed by atoms with Crippen LogP contribution in [-0.2, 0) is 11.2 Å². The summed E-state index contributed by atoms with van der Waals surface area (Å²) < 4.78 is 0. The fourth-order valence-electron chi connectivity index (χ4n) is 3.75. The Balaban J connectivity index is 0.00000225. The zero-order valence-corrected chi connectivity index (χ0v) is 15.6. The van der Waals surface area contributed by atoms with Gasteiger partial charge in [0.2, 0.25) is 5.91 Å². The average molecular weight is 365 g/mol. The number of nitrogens with one attached hydrogen (secondary N) is 1. The quantitative estimate of drug-likeness (QED) is 0.787. The van der Waals surface area contributed by atoms with Crippen LogP contribution in [0.3, 0.4) is 0 Å². The number of nitrogens with zero attached hydrogens (tertiary/aromatic N) is 1. The summed E-state index contributed by atoms with van der Waals surface area (Å²) in [5.41, 5.74) is 2.52.